The first-order valence-electron chi connectivity index (χ1n) is 4.27. The summed E-state index contributed by atoms with van der Waals surface area (Å²) >= 11 is 1.29. The lowest BCUT2D eigenvalue weighted by Crippen LogP contribution is -1.86. The molecule has 0 amide bonds. The van der Waals surface area contributed by atoms with E-state index in [1.807, 2.05) is 19.1 Å². The van der Waals surface area contributed by atoms with Crippen LogP contribution in [0, 0.1) is 6.92 Å². The van der Waals surface area contributed by atoms with Crippen LogP contribution < -0.4 is 0 Å². The Kier molecular flexibility index (Phi) is 4.32. The van der Waals surface area contributed by atoms with E-state index < -0.39 is 0 Å². The summed E-state index contributed by atoms with van der Waals surface area (Å²) in [5, 5.41) is 0.134. The van der Waals surface area contributed by atoms with Crippen molar-refractivity contribution < 1.29 is 4.79 Å². The molecule has 0 spiro atoms. The molecular weight excluding hydrogens is 196 g/mol. The quantitative estimate of drug-likeness (QED) is 0.762. The fraction of sp³-hybridized carbons (Fsp3) is 0.300. The van der Waals surface area contributed by atoms with E-state index in [9.17, 15) is 4.79 Å². The molecule has 4 heteroatoms. The Morgan fingerprint density at radius 3 is 2.71 bits per heavy atom. The van der Waals surface area contributed by atoms with Gasteiger partial charge in [0.25, 0.3) is 0 Å². The molecule has 0 N–H and O–H groups in total. The fourth-order valence-corrected chi connectivity index (χ4v) is 1.27. The summed E-state index contributed by atoms with van der Waals surface area (Å²) in [4.78, 5) is 18.7. The Hall–Kier alpha value is -1.16. The number of nitrogens with zero attached hydrogens (tertiary/aromatic N) is 2. The first-order chi connectivity index (χ1) is 6.68. The average molecular weight is 208 g/mol. The smallest absolute Gasteiger partial charge is 0.186 e. The van der Waals surface area contributed by atoms with Crippen molar-refractivity contribution >= 4 is 23.0 Å². The summed E-state index contributed by atoms with van der Waals surface area (Å²) in [6.07, 6.45) is 7.37. The molecule has 1 aromatic rings. The largest absolute Gasteiger partial charge is 0.288 e. The molecule has 0 bridgehead atoms. The molecule has 0 atom stereocenters. The SMILES string of the molecule is CC(=O)SCC=Cc1cnc(C)nc1. The van der Waals surface area contributed by atoms with E-state index in [-0.39, 0.29) is 5.12 Å². The summed E-state index contributed by atoms with van der Waals surface area (Å²) in [5.74, 6) is 1.46. The summed E-state index contributed by atoms with van der Waals surface area (Å²) in [7, 11) is 0. The molecule has 0 fully saturated rings. The summed E-state index contributed by atoms with van der Waals surface area (Å²) in [5.41, 5.74) is 0.958. The molecular formula is C10H12N2OS. The maximum Gasteiger partial charge on any atom is 0.186 e. The zero-order valence-electron chi connectivity index (χ0n) is 8.23. The van der Waals surface area contributed by atoms with Gasteiger partial charge in [0.05, 0.1) is 0 Å². The van der Waals surface area contributed by atoms with Gasteiger partial charge < -0.3 is 0 Å². The van der Waals surface area contributed by atoms with Gasteiger partial charge in [-0.2, -0.15) is 0 Å². The van der Waals surface area contributed by atoms with Gasteiger partial charge in [-0.25, -0.2) is 9.97 Å². The Morgan fingerprint density at radius 2 is 2.14 bits per heavy atom. The van der Waals surface area contributed by atoms with Gasteiger partial charge in [0.2, 0.25) is 0 Å². The summed E-state index contributed by atoms with van der Waals surface area (Å²) in [6, 6.07) is 0. The van der Waals surface area contributed by atoms with Crippen molar-refractivity contribution in [3.63, 3.8) is 0 Å². The number of hydrogen-bond donors (Lipinski definition) is 0. The molecule has 1 heterocycles. The summed E-state index contributed by atoms with van der Waals surface area (Å²) < 4.78 is 0. The van der Waals surface area contributed by atoms with Crippen molar-refractivity contribution in [2.45, 2.75) is 13.8 Å². The molecule has 1 aromatic heterocycles. The third-order valence-corrected chi connectivity index (χ3v) is 2.26. The predicted molar refractivity (Wildman–Crippen MR) is 58.9 cm³/mol. The second kappa shape index (κ2) is 5.54. The van der Waals surface area contributed by atoms with E-state index in [1.165, 1.54) is 11.8 Å². The second-order valence-electron chi connectivity index (χ2n) is 2.77. The minimum atomic E-state index is 0.134. The lowest BCUT2D eigenvalue weighted by molar-refractivity contribution is -0.109. The molecule has 0 radical (unpaired) electrons. The Morgan fingerprint density at radius 1 is 1.50 bits per heavy atom. The number of rotatable bonds is 3. The molecule has 0 aromatic carbocycles. The van der Waals surface area contributed by atoms with E-state index in [2.05, 4.69) is 9.97 Å². The first kappa shape index (κ1) is 10.9. The standard InChI is InChI=1S/C10H12N2OS/c1-8-11-6-10(7-12-8)4-3-5-14-9(2)13/h3-4,6-7H,5H2,1-2H3. The molecule has 0 saturated carbocycles. The second-order valence-corrected chi connectivity index (χ2v) is 3.97. The van der Waals surface area contributed by atoms with E-state index in [4.69, 9.17) is 0 Å². The van der Waals surface area contributed by atoms with Crippen LogP contribution in [-0.2, 0) is 4.79 Å². The first-order valence-corrected chi connectivity index (χ1v) is 5.25. The van der Waals surface area contributed by atoms with Crippen molar-refractivity contribution in [3.8, 4) is 0 Å². The molecule has 0 unspecified atom stereocenters. The molecule has 1 rings (SSSR count). The van der Waals surface area contributed by atoms with Crippen molar-refractivity contribution in [1.82, 2.24) is 9.97 Å². The highest BCUT2D eigenvalue weighted by atomic mass is 32.2. The van der Waals surface area contributed by atoms with Crippen LogP contribution in [-0.4, -0.2) is 20.8 Å². The summed E-state index contributed by atoms with van der Waals surface area (Å²) in [6.45, 7) is 3.41. The highest BCUT2D eigenvalue weighted by molar-refractivity contribution is 8.13. The van der Waals surface area contributed by atoms with Gasteiger partial charge in [-0.05, 0) is 6.92 Å². The molecule has 3 nitrogen and oxygen atoms in total. The van der Waals surface area contributed by atoms with Gasteiger partial charge in [0.15, 0.2) is 5.12 Å². The number of thioether (sulfide) groups is 1. The number of carbonyl (C=O) groups excluding carboxylic acids is 1. The van der Waals surface area contributed by atoms with Crippen LogP contribution in [0.3, 0.4) is 0 Å². The van der Waals surface area contributed by atoms with Crippen LogP contribution in [0.2, 0.25) is 0 Å². The minimum Gasteiger partial charge on any atom is -0.288 e. The van der Waals surface area contributed by atoms with Gasteiger partial charge in [-0.1, -0.05) is 23.9 Å². The Labute approximate surface area is 87.7 Å². The van der Waals surface area contributed by atoms with Crippen LogP contribution in [0.1, 0.15) is 18.3 Å². The number of carbonyl (C=O) groups is 1. The van der Waals surface area contributed by atoms with Crippen LogP contribution in [0.5, 0.6) is 0 Å². The van der Waals surface area contributed by atoms with Gasteiger partial charge in [-0.15, -0.1) is 0 Å². The monoisotopic (exact) mass is 208 g/mol. The number of hydrogen-bond acceptors (Lipinski definition) is 4. The highest BCUT2D eigenvalue weighted by Gasteiger charge is 1.90. The van der Waals surface area contributed by atoms with Crippen molar-refractivity contribution in [2.75, 3.05) is 5.75 Å². The molecule has 74 valence electrons. The van der Waals surface area contributed by atoms with Gasteiger partial charge in [0, 0.05) is 30.6 Å². The molecule has 0 aliphatic heterocycles. The number of aryl methyl sites for hydroxylation is 1. The fourth-order valence-electron chi connectivity index (χ4n) is 0.838. The third kappa shape index (κ3) is 4.18. The van der Waals surface area contributed by atoms with Gasteiger partial charge >= 0.3 is 0 Å². The Bertz CT molecular complexity index is 332. The zero-order valence-corrected chi connectivity index (χ0v) is 9.04. The maximum absolute atomic E-state index is 10.6. The van der Waals surface area contributed by atoms with Crippen molar-refractivity contribution in [1.29, 1.82) is 0 Å². The van der Waals surface area contributed by atoms with Gasteiger partial charge in [0.1, 0.15) is 5.82 Å². The minimum absolute atomic E-state index is 0.134. The van der Waals surface area contributed by atoms with Crippen molar-refractivity contribution in [3.05, 3.63) is 29.9 Å². The maximum atomic E-state index is 10.6. The van der Waals surface area contributed by atoms with Crippen LogP contribution >= 0.6 is 11.8 Å². The Balaban J connectivity index is 2.44. The predicted octanol–water partition coefficient (Wildman–Crippen LogP) is 2.08. The lowest BCUT2D eigenvalue weighted by atomic mass is 10.3. The normalized spacial score (nSPS) is 10.7. The van der Waals surface area contributed by atoms with Crippen LogP contribution in [0.15, 0.2) is 18.5 Å². The van der Waals surface area contributed by atoms with E-state index in [0.717, 1.165) is 11.4 Å². The average Bonchev–Trinajstić information content (AvgIpc) is 2.15. The zero-order chi connectivity index (χ0) is 10.4. The molecule has 0 aliphatic rings. The van der Waals surface area contributed by atoms with E-state index in [0.29, 0.717) is 5.75 Å². The van der Waals surface area contributed by atoms with E-state index >= 15 is 0 Å². The van der Waals surface area contributed by atoms with Gasteiger partial charge in [-0.3, -0.25) is 4.79 Å². The molecule has 0 saturated heterocycles. The van der Waals surface area contributed by atoms with Crippen LogP contribution in [0.4, 0.5) is 0 Å². The van der Waals surface area contributed by atoms with Crippen LogP contribution in [0.25, 0.3) is 6.08 Å². The lowest BCUT2D eigenvalue weighted by Gasteiger charge is -1.93. The third-order valence-electron chi connectivity index (χ3n) is 1.49. The molecule has 14 heavy (non-hydrogen) atoms. The van der Waals surface area contributed by atoms with E-state index in [1.54, 1.807) is 19.3 Å². The molecule has 0 aliphatic carbocycles. The van der Waals surface area contributed by atoms with Crippen molar-refractivity contribution in [2.24, 2.45) is 0 Å². The highest BCUT2D eigenvalue weighted by Crippen LogP contribution is 2.04. The number of aromatic nitrogens is 2. The topological polar surface area (TPSA) is 42.9 Å².